The van der Waals surface area contributed by atoms with E-state index in [-0.39, 0.29) is 0 Å². The maximum atomic E-state index is 5.99. The lowest BCUT2D eigenvalue weighted by molar-refractivity contribution is 0.799. The largest absolute Gasteiger partial charge is 0.359 e. The summed E-state index contributed by atoms with van der Waals surface area (Å²) in [6.07, 6.45) is 1.02. The van der Waals surface area contributed by atoms with Crippen LogP contribution in [0, 0.1) is 6.92 Å². The number of benzene rings is 1. The first-order valence-electron chi connectivity index (χ1n) is 6.48. The number of anilines is 1. The Morgan fingerprint density at radius 2 is 2.10 bits per heavy atom. The Morgan fingerprint density at radius 1 is 1.25 bits per heavy atom. The highest BCUT2D eigenvalue weighted by molar-refractivity contribution is 7.22. The molecule has 0 radical (unpaired) electrons. The molecule has 0 bridgehead atoms. The standard InChI is InChI=1S/C15H15ClN2S2/c1-9(7-12-5-3-10(2)19-12)17-15-18-13-8-11(16)4-6-14(13)20-15/h3-6,8-9H,7H2,1-2H3,(H,17,18). The molecule has 1 unspecified atom stereocenters. The SMILES string of the molecule is Cc1ccc(CC(C)Nc2nc3cc(Cl)ccc3s2)s1. The fraction of sp³-hybridized carbons (Fsp3) is 0.267. The minimum absolute atomic E-state index is 0.365. The van der Waals surface area contributed by atoms with Crippen molar-refractivity contribution in [2.24, 2.45) is 0 Å². The first-order valence-corrected chi connectivity index (χ1v) is 8.49. The maximum Gasteiger partial charge on any atom is 0.184 e. The highest BCUT2D eigenvalue weighted by Gasteiger charge is 2.09. The summed E-state index contributed by atoms with van der Waals surface area (Å²) in [7, 11) is 0. The molecule has 20 heavy (non-hydrogen) atoms. The summed E-state index contributed by atoms with van der Waals surface area (Å²) >= 11 is 9.52. The molecule has 0 amide bonds. The molecule has 1 N–H and O–H groups in total. The molecule has 2 nitrogen and oxygen atoms in total. The third kappa shape index (κ3) is 3.14. The molecule has 0 spiro atoms. The molecule has 0 saturated carbocycles. The molecule has 0 aliphatic rings. The van der Waals surface area contributed by atoms with Crippen LogP contribution in [0.4, 0.5) is 5.13 Å². The van der Waals surface area contributed by atoms with E-state index in [0.717, 1.165) is 26.8 Å². The summed E-state index contributed by atoms with van der Waals surface area (Å²) in [5.41, 5.74) is 0.962. The lowest BCUT2D eigenvalue weighted by Gasteiger charge is -2.11. The second kappa shape index (κ2) is 5.72. The molecule has 5 heteroatoms. The summed E-state index contributed by atoms with van der Waals surface area (Å²) in [5.74, 6) is 0. The van der Waals surface area contributed by atoms with Crippen molar-refractivity contribution in [3.8, 4) is 0 Å². The van der Waals surface area contributed by atoms with Gasteiger partial charge in [-0.2, -0.15) is 0 Å². The number of hydrogen-bond donors (Lipinski definition) is 1. The van der Waals surface area contributed by atoms with Gasteiger partial charge in [0.1, 0.15) is 0 Å². The van der Waals surface area contributed by atoms with Crippen molar-refractivity contribution in [2.75, 3.05) is 5.32 Å². The number of rotatable bonds is 4. The van der Waals surface area contributed by atoms with Crippen LogP contribution in [0.1, 0.15) is 16.7 Å². The Hall–Kier alpha value is -1.10. The second-order valence-corrected chi connectivity index (χ2v) is 7.73. The van der Waals surface area contributed by atoms with Gasteiger partial charge in [0.25, 0.3) is 0 Å². The maximum absolute atomic E-state index is 5.99. The first-order chi connectivity index (χ1) is 9.60. The monoisotopic (exact) mass is 322 g/mol. The molecule has 0 saturated heterocycles. The first kappa shape index (κ1) is 13.9. The fourth-order valence-corrected chi connectivity index (χ4v) is 4.26. The smallest absolute Gasteiger partial charge is 0.184 e. The lowest BCUT2D eigenvalue weighted by Crippen LogP contribution is -2.17. The van der Waals surface area contributed by atoms with Gasteiger partial charge in [-0.25, -0.2) is 4.98 Å². The van der Waals surface area contributed by atoms with Crippen LogP contribution >= 0.6 is 34.3 Å². The quantitative estimate of drug-likeness (QED) is 0.699. The van der Waals surface area contributed by atoms with Crippen molar-refractivity contribution in [1.82, 2.24) is 4.98 Å². The molecular formula is C15H15ClN2S2. The summed E-state index contributed by atoms with van der Waals surface area (Å²) in [6.45, 7) is 4.33. The number of halogens is 1. The molecule has 3 rings (SSSR count). The number of fused-ring (bicyclic) bond motifs is 1. The minimum atomic E-state index is 0.365. The van der Waals surface area contributed by atoms with Gasteiger partial charge in [-0.15, -0.1) is 11.3 Å². The third-order valence-electron chi connectivity index (χ3n) is 3.02. The van der Waals surface area contributed by atoms with E-state index in [1.807, 2.05) is 29.5 Å². The van der Waals surface area contributed by atoms with Crippen LogP contribution in [0.3, 0.4) is 0 Å². The van der Waals surface area contributed by atoms with E-state index in [1.165, 1.54) is 9.75 Å². The molecule has 2 heterocycles. The van der Waals surface area contributed by atoms with Crippen molar-refractivity contribution < 1.29 is 0 Å². The van der Waals surface area contributed by atoms with Crippen LogP contribution in [-0.4, -0.2) is 11.0 Å². The number of thiophene rings is 1. The van der Waals surface area contributed by atoms with Crippen LogP contribution < -0.4 is 5.32 Å². The predicted molar refractivity (Wildman–Crippen MR) is 90.5 cm³/mol. The molecule has 1 aromatic carbocycles. The zero-order chi connectivity index (χ0) is 14.1. The highest BCUT2D eigenvalue weighted by Crippen LogP contribution is 2.29. The Bertz CT molecular complexity index is 732. The van der Waals surface area contributed by atoms with Gasteiger partial charge in [-0.1, -0.05) is 22.9 Å². The molecule has 2 aromatic heterocycles. The Balaban J connectivity index is 1.72. The topological polar surface area (TPSA) is 24.9 Å². The average molecular weight is 323 g/mol. The van der Waals surface area contributed by atoms with Crippen molar-refractivity contribution >= 4 is 49.6 Å². The average Bonchev–Trinajstić information content (AvgIpc) is 2.94. The number of nitrogens with one attached hydrogen (secondary N) is 1. The molecule has 3 aromatic rings. The van der Waals surface area contributed by atoms with Gasteiger partial charge in [0.05, 0.1) is 10.2 Å². The van der Waals surface area contributed by atoms with E-state index < -0.39 is 0 Å². The summed E-state index contributed by atoms with van der Waals surface area (Å²) in [5, 5.41) is 5.17. The van der Waals surface area contributed by atoms with E-state index >= 15 is 0 Å². The molecule has 1 atom stereocenters. The van der Waals surface area contributed by atoms with Gasteiger partial charge in [-0.3, -0.25) is 0 Å². The van der Waals surface area contributed by atoms with Gasteiger partial charge >= 0.3 is 0 Å². The van der Waals surface area contributed by atoms with Crippen LogP contribution in [0.2, 0.25) is 5.02 Å². The Kier molecular flexibility index (Phi) is 3.96. The Morgan fingerprint density at radius 3 is 2.85 bits per heavy atom. The second-order valence-electron chi connectivity index (χ2n) is 4.89. The lowest BCUT2D eigenvalue weighted by atomic mass is 10.2. The van der Waals surface area contributed by atoms with Crippen molar-refractivity contribution in [1.29, 1.82) is 0 Å². The van der Waals surface area contributed by atoms with Crippen LogP contribution in [0.15, 0.2) is 30.3 Å². The zero-order valence-corrected chi connectivity index (χ0v) is 13.7. The summed E-state index contributed by atoms with van der Waals surface area (Å²) < 4.78 is 1.16. The molecule has 0 aliphatic heterocycles. The van der Waals surface area contributed by atoms with Gasteiger partial charge in [-0.05, 0) is 44.2 Å². The van der Waals surface area contributed by atoms with E-state index in [0.29, 0.717) is 6.04 Å². The molecule has 104 valence electrons. The number of aryl methyl sites for hydroxylation is 1. The van der Waals surface area contributed by atoms with E-state index in [4.69, 9.17) is 11.6 Å². The number of nitrogens with zero attached hydrogens (tertiary/aromatic N) is 1. The van der Waals surface area contributed by atoms with E-state index in [2.05, 4.69) is 36.3 Å². The Labute approximate surface area is 131 Å². The van der Waals surface area contributed by atoms with Gasteiger partial charge in [0.15, 0.2) is 5.13 Å². The number of hydrogen-bond acceptors (Lipinski definition) is 4. The van der Waals surface area contributed by atoms with Crippen molar-refractivity contribution in [2.45, 2.75) is 26.3 Å². The zero-order valence-electron chi connectivity index (χ0n) is 11.3. The summed E-state index contributed by atoms with van der Waals surface area (Å²) in [4.78, 5) is 7.36. The third-order valence-corrected chi connectivity index (χ3v) is 5.25. The van der Waals surface area contributed by atoms with Gasteiger partial charge < -0.3 is 5.32 Å². The molecule has 0 aliphatic carbocycles. The van der Waals surface area contributed by atoms with Crippen molar-refractivity contribution in [3.05, 3.63) is 45.1 Å². The van der Waals surface area contributed by atoms with E-state index in [1.54, 1.807) is 11.3 Å². The number of thiazole rings is 1. The highest BCUT2D eigenvalue weighted by atomic mass is 35.5. The molecule has 0 fully saturated rings. The van der Waals surface area contributed by atoms with Crippen LogP contribution in [0.25, 0.3) is 10.2 Å². The number of aromatic nitrogens is 1. The molecular weight excluding hydrogens is 308 g/mol. The predicted octanol–water partition coefficient (Wildman–Crippen LogP) is 5.36. The fourth-order valence-electron chi connectivity index (χ4n) is 2.12. The normalized spacial score (nSPS) is 12.8. The summed E-state index contributed by atoms with van der Waals surface area (Å²) in [6, 6.07) is 10.6. The minimum Gasteiger partial charge on any atom is -0.359 e. The van der Waals surface area contributed by atoms with Gasteiger partial charge in [0, 0.05) is 27.2 Å². The van der Waals surface area contributed by atoms with Crippen LogP contribution in [0.5, 0.6) is 0 Å². The van der Waals surface area contributed by atoms with E-state index in [9.17, 15) is 0 Å². The van der Waals surface area contributed by atoms with Gasteiger partial charge in [0.2, 0.25) is 0 Å². The van der Waals surface area contributed by atoms with Crippen LogP contribution in [-0.2, 0) is 6.42 Å². The van der Waals surface area contributed by atoms with Crippen molar-refractivity contribution in [3.63, 3.8) is 0 Å².